The normalized spacial score (nSPS) is 15.3. The van der Waals surface area contributed by atoms with Gasteiger partial charge in [0.25, 0.3) is 0 Å². The van der Waals surface area contributed by atoms with Gasteiger partial charge in [0, 0.05) is 11.9 Å². The van der Waals surface area contributed by atoms with E-state index in [4.69, 9.17) is 4.74 Å². The largest absolute Gasteiger partial charge is 0.477 e. The van der Waals surface area contributed by atoms with E-state index in [0.29, 0.717) is 5.92 Å². The van der Waals surface area contributed by atoms with Gasteiger partial charge in [-0.15, -0.1) is 0 Å². The number of ether oxygens (including phenoxy) is 1. The van der Waals surface area contributed by atoms with E-state index < -0.39 is 17.6 Å². The maximum absolute atomic E-state index is 13.1. The lowest BCUT2D eigenvalue weighted by atomic mass is 9.98. The summed E-state index contributed by atoms with van der Waals surface area (Å²) in [6.45, 7) is 3.87. The number of nitrogens with zero attached hydrogens (tertiary/aromatic N) is 2. The molecule has 0 spiro atoms. The third kappa shape index (κ3) is 5.11. The molecule has 1 saturated carbocycles. The van der Waals surface area contributed by atoms with Gasteiger partial charge in [-0.3, -0.25) is 0 Å². The predicted molar refractivity (Wildman–Crippen MR) is 98.3 cm³/mol. The van der Waals surface area contributed by atoms with Gasteiger partial charge >= 0.3 is 6.18 Å². The number of alkyl halides is 3. The quantitative estimate of drug-likeness (QED) is 0.676. The van der Waals surface area contributed by atoms with Gasteiger partial charge in [0.1, 0.15) is 5.56 Å². The van der Waals surface area contributed by atoms with E-state index in [1.54, 1.807) is 0 Å². The molecule has 0 unspecified atom stereocenters. The highest BCUT2D eigenvalue weighted by atomic mass is 19.4. The fraction of sp³-hybridized carbons (Fsp3) is 0.500. The zero-order chi connectivity index (χ0) is 19.4. The van der Waals surface area contributed by atoms with Crippen LogP contribution in [0.2, 0.25) is 0 Å². The van der Waals surface area contributed by atoms with Gasteiger partial charge in [-0.25, -0.2) is 4.98 Å². The summed E-state index contributed by atoms with van der Waals surface area (Å²) in [6.07, 6.45) is 1.16. The molecular formula is C20H24F3N3O. The van der Waals surface area contributed by atoms with Crippen LogP contribution in [0, 0.1) is 5.92 Å². The molecule has 1 aromatic carbocycles. The molecule has 0 atom stereocenters. The van der Waals surface area contributed by atoms with Gasteiger partial charge in [0.2, 0.25) is 11.8 Å². The first kappa shape index (κ1) is 19.5. The maximum atomic E-state index is 13.1. The molecule has 3 rings (SSSR count). The number of halogens is 3. The summed E-state index contributed by atoms with van der Waals surface area (Å²) in [5, 5.41) is 2.96. The Morgan fingerprint density at radius 3 is 2.41 bits per heavy atom. The van der Waals surface area contributed by atoms with Gasteiger partial charge in [0.15, 0.2) is 0 Å². The van der Waals surface area contributed by atoms with Crippen LogP contribution < -0.4 is 10.1 Å². The van der Waals surface area contributed by atoms with Crippen LogP contribution in [0.15, 0.2) is 30.5 Å². The molecule has 1 aromatic heterocycles. The topological polar surface area (TPSA) is 47.0 Å². The Labute approximate surface area is 157 Å². The smallest absolute Gasteiger partial charge is 0.423 e. The van der Waals surface area contributed by atoms with Gasteiger partial charge in [0.05, 0.1) is 6.61 Å². The van der Waals surface area contributed by atoms with Crippen molar-refractivity contribution in [1.82, 2.24) is 9.97 Å². The molecule has 2 aromatic rings. The molecule has 0 amide bonds. The SMILES string of the molecule is CC(C)COc1nc(Nc2ccc(C3CCCC3)cc2)ncc1C(F)(F)F. The lowest BCUT2D eigenvalue weighted by Crippen LogP contribution is -2.14. The number of benzene rings is 1. The van der Waals surface area contributed by atoms with E-state index in [1.165, 1.54) is 31.2 Å². The van der Waals surface area contributed by atoms with E-state index in [2.05, 4.69) is 27.4 Å². The van der Waals surface area contributed by atoms with Crippen LogP contribution in [0.4, 0.5) is 24.8 Å². The fourth-order valence-electron chi connectivity index (χ4n) is 3.20. The van der Waals surface area contributed by atoms with E-state index in [-0.39, 0.29) is 18.5 Å². The Kier molecular flexibility index (Phi) is 5.87. The first-order valence-corrected chi connectivity index (χ1v) is 9.27. The van der Waals surface area contributed by atoms with Crippen LogP contribution in [0.3, 0.4) is 0 Å². The Morgan fingerprint density at radius 1 is 1.15 bits per heavy atom. The number of hydrogen-bond acceptors (Lipinski definition) is 4. The van der Waals surface area contributed by atoms with Gasteiger partial charge in [-0.1, -0.05) is 38.8 Å². The maximum Gasteiger partial charge on any atom is 0.423 e. The number of anilines is 2. The summed E-state index contributed by atoms with van der Waals surface area (Å²) in [6, 6.07) is 7.92. The zero-order valence-corrected chi connectivity index (χ0v) is 15.5. The fourth-order valence-corrected chi connectivity index (χ4v) is 3.20. The summed E-state index contributed by atoms with van der Waals surface area (Å²) in [5.74, 6) is 0.324. The highest BCUT2D eigenvalue weighted by Gasteiger charge is 2.36. The minimum atomic E-state index is -4.56. The van der Waals surface area contributed by atoms with E-state index >= 15 is 0 Å². The Morgan fingerprint density at radius 2 is 1.81 bits per heavy atom. The van der Waals surface area contributed by atoms with Crippen LogP contribution in [-0.2, 0) is 6.18 Å². The van der Waals surface area contributed by atoms with Crippen LogP contribution in [0.25, 0.3) is 0 Å². The van der Waals surface area contributed by atoms with Crippen molar-refractivity contribution in [3.05, 3.63) is 41.6 Å². The molecular weight excluding hydrogens is 355 g/mol. The second-order valence-electron chi connectivity index (χ2n) is 7.34. The molecule has 0 radical (unpaired) electrons. The first-order valence-electron chi connectivity index (χ1n) is 9.27. The lowest BCUT2D eigenvalue weighted by Gasteiger charge is -2.15. The monoisotopic (exact) mass is 379 g/mol. The summed E-state index contributed by atoms with van der Waals surface area (Å²) < 4.78 is 44.7. The van der Waals surface area contributed by atoms with Crippen LogP contribution in [0.5, 0.6) is 5.88 Å². The number of aromatic nitrogens is 2. The Bertz CT molecular complexity index is 754. The molecule has 7 heteroatoms. The second-order valence-corrected chi connectivity index (χ2v) is 7.34. The van der Waals surface area contributed by atoms with Crippen molar-refractivity contribution in [2.24, 2.45) is 5.92 Å². The number of rotatable bonds is 6. The third-order valence-corrected chi connectivity index (χ3v) is 4.61. The summed E-state index contributed by atoms with van der Waals surface area (Å²) in [5.41, 5.74) is 1.06. The Balaban J connectivity index is 1.76. The number of hydrogen-bond donors (Lipinski definition) is 1. The van der Waals surface area contributed by atoms with Crippen molar-refractivity contribution < 1.29 is 17.9 Å². The number of nitrogens with one attached hydrogen (secondary N) is 1. The molecule has 1 fully saturated rings. The van der Waals surface area contributed by atoms with Crippen LogP contribution >= 0.6 is 0 Å². The van der Waals surface area contributed by atoms with Crippen molar-refractivity contribution in [3.63, 3.8) is 0 Å². The molecule has 0 aliphatic heterocycles. The highest BCUT2D eigenvalue weighted by molar-refractivity contribution is 5.54. The molecule has 1 aliphatic rings. The Hall–Kier alpha value is -2.31. The van der Waals surface area contributed by atoms with Crippen molar-refractivity contribution in [1.29, 1.82) is 0 Å². The third-order valence-electron chi connectivity index (χ3n) is 4.61. The summed E-state index contributed by atoms with van der Waals surface area (Å²) in [7, 11) is 0. The average molecular weight is 379 g/mol. The summed E-state index contributed by atoms with van der Waals surface area (Å²) >= 11 is 0. The van der Waals surface area contributed by atoms with E-state index in [9.17, 15) is 13.2 Å². The molecule has 1 heterocycles. The highest BCUT2D eigenvalue weighted by Crippen LogP contribution is 2.36. The standard InChI is InChI=1S/C20H24F3N3O/c1-13(2)12-27-18-17(20(21,22)23)11-24-19(26-18)25-16-9-7-15(8-10-16)14-5-3-4-6-14/h7-11,13-14H,3-6,12H2,1-2H3,(H,24,25,26). The molecule has 146 valence electrons. The second kappa shape index (κ2) is 8.15. The van der Waals surface area contributed by atoms with Gasteiger partial charge in [-0.05, 0) is 42.4 Å². The molecule has 4 nitrogen and oxygen atoms in total. The summed E-state index contributed by atoms with van der Waals surface area (Å²) in [4.78, 5) is 7.75. The molecule has 27 heavy (non-hydrogen) atoms. The van der Waals surface area contributed by atoms with Gasteiger partial charge in [-0.2, -0.15) is 18.2 Å². The van der Waals surface area contributed by atoms with E-state index in [0.717, 1.165) is 11.9 Å². The van der Waals surface area contributed by atoms with Crippen molar-refractivity contribution >= 4 is 11.6 Å². The average Bonchev–Trinajstić information content (AvgIpc) is 3.14. The predicted octanol–water partition coefficient (Wildman–Crippen LogP) is 5.93. The molecule has 1 N–H and O–H groups in total. The molecule has 0 saturated heterocycles. The van der Waals surface area contributed by atoms with Crippen molar-refractivity contribution in [2.75, 3.05) is 11.9 Å². The van der Waals surface area contributed by atoms with Crippen molar-refractivity contribution in [2.45, 2.75) is 51.6 Å². The van der Waals surface area contributed by atoms with Gasteiger partial charge < -0.3 is 10.1 Å². The van der Waals surface area contributed by atoms with Crippen LogP contribution in [-0.4, -0.2) is 16.6 Å². The zero-order valence-electron chi connectivity index (χ0n) is 15.5. The van der Waals surface area contributed by atoms with E-state index in [1.807, 2.05) is 26.0 Å². The minimum absolute atomic E-state index is 0.0790. The van der Waals surface area contributed by atoms with Crippen LogP contribution in [0.1, 0.15) is 56.6 Å². The molecule has 1 aliphatic carbocycles. The first-order chi connectivity index (χ1) is 12.8. The van der Waals surface area contributed by atoms with Crippen molar-refractivity contribution in [3.8, 4) is 5.88 Å². The minimum Gasteiger partial charge on any atom is -0.477 e. The molecule has 0 bridgehead atoms. The lowest BCUT2D eigenvalue weighted by molar-refractivity contribution is -0.139.